The van der Waals surface area contributed by atoms with Gasteiger partial charge in [0.25, 0.3) is 5.91 Å². The summed E-state index contributed by atoms with van der Waals surface area (Å²) >= 11 is 0. The minimum absolute atomic E-state index is 0.300. The predicted octanol–water partition coefficient (Wildman–Crippen LogP) is 4.40. The molecule has 0 aliphatic heterocycles. The number of ether oxygens (including phenoxy) is 2. The van der Waals surface area contributed by atoms with E-state index < -0.39 is 0 Å². The molecule has 0 spiro atoms. The molecule has 1 heterocycles. The Bertz CT molecular complexity index is 1230. The Morgan fingerprint density at radius 3 is 2.71 bits per heavy atom. The van der Waals surface area contributed by atoms with Crippen LogP contribution in [0.2, 0.25) is 0 Å². The first-order valence-corrected chi connectivity index (χ1v) is 9.87. The van der Waals surface area contributed by atoms with Crippen LogP contribution in [0.1, 0.15) is 23.0 Å². The lowest BCUT2D eigenvalue weighted by molar-refractivity contribution is 0.0950. The molecule has 4 aromatic rings. The zero-order valence-electron chi connectivity index (χ0n) is 17.3. The Labute approximate surface area is 179 Å². The average Bonchev–Trinajstić information content (AvgIpc) is 3.29. The van der Waals surface area contributed by atoms with E-state index in [1.165, 1.54) is 0 Å². The van der Waals surface area contributed by atoms with Crippen LogP contribution in [0.4, 0.5) is 0 Å². The number of rotatable bonds is 7. The number of carbonyl (C=O) groups excluding carboxylic acids is 1. The number of benzene rings is 3. The lowest BCUT2D eigenvalue weighted by atomic mass is 10.0. The molecule has 1 amide bonds. The summed E-state index contributed by atoms with van der Waals surface area (Å²) in [4.78, 5) is 12.5. The van der Waals surface area contributed by atoms with Gasteiger partial charge in [-0.2, -0.15) is 10.2 Å². The second kappa shape index (κ2) is 9.13. The quantitative estimate of drug-likeness (QED) is 0.346. The molecule has 0 unspecified atom stereocenters. The van der Waals surface area contributed by atoms with Gasteiger partial charge < -0.3 is 9.47 Å². The first-order valence-electron chi connectivity index (χ1n) is 9.87. The second-order valence-electron chi connectivity index (χ2n) is 6.73. The van der Waals surface area contributed by atoms with E-state index in [0.29, 0.717) is 23.7 Å². The minimum Gasteiger partial charge on any atom is -0.496 e. The van der Waals surface area contributed by atoms with Crippen LogP contribution in [0.5, 0.6) is 11.5 Å². The van der Waals surface area contributed by atoms with Gasteiger partial charge in [0.15, 0.2) is 0 Å². The molecule has 0 atom stereocenters. The van der Waals surface area contributed by atoms with E-state index in [9.17, 15) is 4.79 Å². The van der Waals surface area contributed by atoms with Gasteiger partial charge in [-0.25, -0.2) is 5.43 Å². The smallest absolute Gasteiger partial charge is 0.289 e. The molecule has 0 aliphatic rings. The number of methoxy groups -OCH3 is 1. The number of aromatic nitrogens is 2. The molecule has 0 bridgehead atoms. The molecule has 31 heavy (non-hydrogen) atoms. The standard InChI is InChI=1S/C24H22N4O3/c1-3-31-18-11-8-16(9-12-18)15-25-28-24(29)21-14-20(26-27-21)23-19-7-5-4-6-17(19)10-13-22(23)30-2/h4-15H,3H2,1-2H3,(H,26,27)(H,28,29)/b25-15+. The summed E-state index contributed by atoms with van der Waals surface area (Å²) in [5, 5.41) is 13.2. The summed E-state index contributed by atoms with van der Waals surface area (Å²) < 4.78 is 10.9. The molecular formula is C24H22N4O3. The number of nitrogens with zero attached hydrogens (tertiary/aromatic N) is 2. The molecule has 0 saturated carbocycles. The van der Waals surface area contributed by atoms with Gasteiger partial charge in [0.1, 0.15) is 17.2 Å². The highest BCUT2D eigenvalue weighted by molar-refractivity contribution is 6.00. The highest BCUT2D eigenvalue weighted by Crippen LogP contribution is 2.36. The third kappa shape index (κ3) is 4.40. The molecule has 0 radical (unpaired) electrons. The monoisotopic (exact) mass is 414 g/mol. The van der Waals surface area contributed by atoms with Crippen molar-refractivity contribution in [3.8, 4) is 22.8 Å². The van der Waals surface area contributed by atoms with Crippen molar-refractivity contribution < 1.29 is 14.3 Å². The van der Waals surface area contributed by atoms with Gasteiger partial charge in [-0.05, 0) is 59.7 Å². The van der Waals surface area contributed by atoms with Gasteiger partial charge in [0.2, 0.25) is 0 Å². The number of hydrogen-bond acceptors (Lipinski definition) is 5. The summed E-state index contributed by atoms with van der Waals surface area (Å²) in [7, 11) is 1.61. The molecule has 156 valence electrons. The first-order chi connectivity index (χ1) is 15.2. The number of hydrogen-bond donors (Lipinski definition) is 2. The fraction of sp³-hybridized carbons (Fsp3) is 0.125. The van der Waals surface area contributed by atoms with E-state index in [4.69, 9.17) is 9.47 Å². The molecule has 7 nitrogen and oxygen atoms in total. The maximum atomic E-state index is 12.5. The Morgan fingerprint density at radius 1 is 1.13 bits per heavy atom. The Hall–Kier alpha value is -4.13. The average molecular weight is 414 g/mol. The van der Waals surface area contributed by atoms with Crippen molar-refractivity contribution >= 4 is 22.9 Å². The number of aromatic amines is 1. The number of fused-ring (bicyclic) bond motifs is 1. The van der Waals surface area contributed by atoms with Crippen LogP contribution in [0.15, 0.2) is 71.8 Å². The summed E-state index contributed by atoms with van der Waals surface area (Å²) in [6.45, 7) is 2.54. The zero-order valence-corrected chi connectivity index (χ0v) is 17.3. The number of amides is 1. The molecular weight excluding hydrogens is 392 g/mol. The van der Waals surface area contributed by atoms with Crippen LogP contribution in [0, 0.1) is 0 Å². The van der Waals surface area contributed by atoms with Crippen molar-refractivity contribution in [3.63, 3.8) is 0 Å². The van der Waals surface area contributed by atoms with Crippen LogP contribution >= 0.6 is 0 Å². The maximum Gasteiger partial charge on any atom is 0.289 e. The van der Waals surface area contributed by atoms with E-state index in [-0.39, 0.29) is 5.91 Å². The number of H-pyrrole nitrogens is 1. The third-order valence-corrected chi connectivity index (χ3v) is 4.76. The Balaban J connectivity index is 1.51. The SMILES string of the molecule is CCOc1ccc(/C=N/NC(=O)c2cc(-c3c(OC)ccc4ccccc34)n[nH]2)cc1. The minimum atomic E-state index is -0.389. The third-order valence-electron chi connectivity index (χ3n) is 4.76. The molecule has 3 aromatic carbocycles. The van der Waals surface area contributed by atoms with Crippen molar-refractivity contribution in [2.45, 2.75) is 6.92 Å². The summed E-state index contributed by atoms with van der Waals surface area (Å²) in [6, 6.07) is 21.0. The van der Waals surface area contributed by atoms with Gasteiger partial charge in [0, 0.05) is 0 Å². The number of hydrazone groups is 1. The predicted molar refractivity (Wildman–Crippen MR) is 121 cm³/mol. The van der Waals surface area contributed by atoms with E-state index in [2.05, 4.69) is 20.7 Å². The van der Waals surface area contributed by atoms with Crippen molar-refractivity contribution in [1.82, 2.24) is 15.6 Å². The number of carbonyl (C=O) groups is 1. The van der Waals surface area contributed by atoms with Gasteiger partial charge in [-0.15, -0.1) is 0 Å². The van der Waals surface area contributed by atoms with Gasteiger partial charge >= 0.3 is 0 Å². The van der Waals surface area contributed by atoms with E-state index in [0.717, 1.165) is 27.6 Å². The normalized spacial score (nSPS) is 11.0. The zero-order chi connectivity index (χ0) is 21.6. The fourth-order valence-corrected chi connectivity index (χ4v) is 3.29. The van der Waals surface area contributed by atoms with E-state index >= 15 is 0 Å². The van der Waals surface area contributed by atoms with E-state index in [1.54, 1.807) is 19.4 Å². The summed E-state index contributed by atoms with van der Waals surface area (Å²) in [6.07, 6.45) is 1.57. The molecule has 2 N–H and O–H groups in total. The Morgan fingerprint density at radius 2 is 1.94 bits per heavy atom. The lowest BCUT2D eigenvalue weighted by Crippen LogP contribution is -2.17. The van der Waals surface area contributed by atoms with Crippen LogP contribution in [0.3, 0.4) is 0 Å². The summed E-state index contributed by atoms with van der Waals surface area (Å²) in [5.74, 6) is 1.09. The molecule has 7 heteroatoms. The Kier molecular flexibility index (Phi) is 5.93. The molecule has 4 rings (SSSR count). The second-order valence-corrected chi connectivity index (χ2v) is 6.73. The van der Waals surface area contributed by atoms with Crippen molar-refractivity contribution in [3.05, 3.63) is 78.0 Å². The van der Waals surface area contributed by atoms with Gasteiger partial charge in [-0.3, -0.25) is 9.89 Å². The van der Waals surface area contributed by atoms with Crippen molar-refractivity contribution in [2.24, 2.45) is 5.10 Å². The van der Waals surface area contributed by atoms with Crippen LogP contribution in [-0.4, -0.2) is 36.0 Å². The van der Waals surface area contributed by atoms with Crippen molar-refractivity contribution in [1.29, 1.82) is 0 Å². The first kappa shape index (κ1) is 20.2. The largest absolute Gasteiger partial charge is 0.496 e. The molecule has 1 aromatic heterocycles. The molecule has 0 aliphatic carbocycles. The van der Waals surface area contributed by atoms with Crippen LogP contribution in [-0.2, 0) is 0 Å². The fourth-order valence-electron chi connectivity index (χ4n) is 3.29. The highest BCUT2D eigenvalue weighted by atomic mass is 16.5. The van der Waals surface area contributed by atoms with Gasteiger partial charge in [0.05, 0.1) is 31.2 Å². The lowest BCUT2D eigenvalue weighted by Gasteiger charge is -2.09. The van der Waals surface area contributed by atoms with E-state index in [1.807, 2.05) is 67.6 Å². The maximum absolute atomic E-state index is 12.5. The highest BCUT2D eigenvalue weighted by Gasteiger charge is 2.16. The number of nitrogens with one attached hydrogen (secondary N) is 2. The van der Waals surface area contributed by atoms with Crippen molar-refractivity contribution in [2.75, 3.05) is 13.7 Å². The summed E-state index contributed by atoms with van der Waals surface area (Å²) in [5.41, 5.74) is 5.10. The topological polar surface area (TPSA) is 88.6 Å². The van der Waals surface area contributed by atoms with Crippen LogP contribution < -0.4 is 14.9 Å². The molecule has 0 fully saturated rings. The molecule has 0 saturated heterocycles. The van der Waals surface area contributed by atoms with Crippen LogP contribution in [0.25, 0.3) is 22.0 Å². The van der Waals surface area contributed by atoms with Gasteiger partial charge in [-0.1, -0.05) is 30.3 Å².